The Morgan fingerprint density at radius 3 is 2.78 bits per heavy atom. The predicted octanol–water partition coefficient (Wildman–Crippen LogP) is 2.14. The van der Waals surface area contributed by atoms with Gasteiger partial charge in [0.1, 0.15) is 6.10 Å². The highest BCUT2D eigenvalue weighted by atomic mass is 16.5. The summed E-state index contributed by atoms with van der Waals surface area (Å²) in [7, 11) is 1.93. The van der Waals surface area contributed by atoms with E-state index in [1.807, 2.05) is 19.2 Å². The zero-order valence-corrected chi connectivity index (χ0v) is 11.3. The second-order valence-corrected chi connectivity index (χ2v) is 4.97. The molecule has 2 rings (SSSR count). The van der Waals surface area contributed by atoms with Gasteiger partial charge in [-0.05, 0) is 27.0 Å². The predicted molar refractivity (Wildman–Crippen MR) is 70.7 cm³/mol. The van der Waals surface area contributed by atoms with Crippen LogP contribution in [-0.4, -0.2) is 30.3 Å². The first-order valence-corrected chi connectivity index (χ1v) is 6.59. The summed E-state index contributed by atoms with van der Waals surface area (Å²) in [6.45, 7) is 4.97. The third-order valence-electron chi connectivity index (χ3n) is 3.15. The summed E-state index contributed by atoms with van der Waals surface area (Å²) in [5.74, 6) is 0.748. The van der Waals surface area contributed by atoms with Gasteiger partial charge in [0.25, 0.3) is 0 Å². The van der Waals surface area contributed by atoms with E-state index in [1.165, 1.54) is 0 Å². The molecule has 0 spiro atoms. The second-order valence-electron chi connectivity index (χ2n) is 4.97. The summed E-state index contributed by atoms with van der Waals surface area (Å²) in [5.41, 5.74) is 1.10. The molecule has 0 aliphatic carbocycles. The molecule has 100 valence electrons. The maximum atomic E-state index is 6.05. The van der Waals surface area contributed by atoms with Crippen LogP contribution >= 0.6 is 0 Å². The first-order chi connectivity index (χ1) is 8.69. The van der Waals surface area contributed by atoms with E-state index in [-0.39, 0.29) is 18.3 Å². The topological polar surface area (TPSA) is 43.4 Å². The summed E-state index contributed by atoms with van der Waals surface area (Å²) in [5, 5.41) is 3.13. The normalized spacial score (nSPS) is 28.1. The molecule has 4 nitrogen and oxygen atoms in total. The van der Waals surface area contributed by atoms with Crippen molar-refractivity contribution in [1.29, 1.82) is 0 Å². The van der Waals surface area contributed by atoms with Gasteiger partial charge >= 0.3 is 0 Å². The Kier molecular flexibility index (Phi) is 4.55. The molecule has 0 radical (unpaired) electrons. The number of hydrogen-bond donors (Lipinski definition) is 1. The molecule has 0 aromatic carbocycles. The third kappa shape index (κ3) is 3.43. The molecule has 0 bridgehead atoms. The Labute approximate surface area is 109 Å². The van der Waals surface area contributed by atoms with Crippen LogP contribution in [0.25, 0.3) is 0 Å². The van der Waals surface area contributed by atoms with Crippen molar-refractivity contribution in [3.05, 3.63) is 23.9 Å². The maximum absolute atomic E-state index is 6.05. The lowest BCUT2D eigenvalue weighted by Gasteiger charge is -2.32. The molecule has 1 aliphatic heterocycles. The first kappa shape index (κ1) is 13.3. The summed E-state index contributed by atoms with van der Waals surface area (Å²) >= 11 is 0. The van der Waals surface area contributed by atoms with Gasteiger partial charge < -0.3 is 14.8 Å². The van der Waals surface area contributed by atoms with Crippen LogP contribution in [0.15, 0.2) is 18.3 Å². The molecule has 2 atom stereocenters. The van der Waals surface area contributed by atoms with Crippen LogP contribution in [-0.2, 0) is 11.3 Å². The zero-order valence-electron chi connectivity index (χ0n) is 11.3. The molecule has 1 aliphatic rings. The number of rotatable bonds is 4. The van der Waals surface area contributed by atoms with E-state index in [0.717, 1.165) is 30.8 Å². The minimum absolute atomic E-state index is 0.203. The molecule has 2 heterocycles. The lowest BCUT2D eigenvalue weighted by atomic mass is 10.0. The maximum Gasteiger partial charge on any atom is 0.218 e. The van der Waals surface area contributed by atoms with Crippen LogP contribution in [0.5, 0.6) is 5.88 Å². The van der Waals surface area contributed by atoms with Crippen molar-refractivity contribution < 1.29 is 9.47 Å². The fourth-order valence-electron chi connectivity index (χ4n) is 2.45. The highest BCUT2D eigenvalue weighted by Gasteiger charge is 2.26. The van der Waals surface area contributed by atoms with Gasteiger partial charge in [-0.2, -0.15) is 0 Å². The van der Waals surface area contributed by atoms with Gasteiger partial charge in [0, 0.05) is 31.1 Å². The average molecular weight is 250 g/mol. The van der Waals surface area contributed by atoms with Crippen molar-refractivity contribution in [2.75, 3.05) is 7.05 Å². The van der Waals surface area contributed by atoms with Crippen molar-refractivity contribution in [3.63, 3.8) is 0 Å². The summed E-state index contributed by atoms with van der Waals surface area (Å²) < 4.78 is 11.8. The summed E-state index contributed by atoms with van der Waals surface area (Å²) in [4.78, 5) is 4.34. The molecule has 0 saturated carbocycles. The molecule has 1 aromatic heterocycles. The Morgan fingerprint density at radius 2 is 2.11 bits per heavy atom. The van der Waals surface area contributed by atoms with Crippen molar-refractivity contribution in [3.8, 4) is 5.88 Å². The second kappa shape index (κ2) is 6.16. The number of nitrogens with one attached hydrogen (secondary N) is 1. The van der Waals surface area contributed by atoms with Crippen molar-refractivity contribution in [2.24, 2.45) is 0 Å². The lowest BCUT2D eigenvalue weighted by molar-refractivity contribution is -0.0731. The molecule has 18 heavy (non-hydrogen) atoms. The molecule has 0 amide bonds. The van der Waals surface area contributed by atoms with Crippen LogP contribution < -0.4 is 10.1 Å². The number of hydrogen-bond acceptors (Lipinski definition) is 4. The van der Waals surface area contributed by atoms with Crippen molar-refractivity contribution >= 4 is 0 Å². The third-order valence-corrected chi connectivity index (χ3v) is 3.15. The van der Waals surface area contributed by atoms with E-state index < -0.39 is 0 Å². The average Bonchev–Trinajstić information content (AvgIpc) is 2.30. The van der Waals surface area contributed by atoms with Gasteiger partial charge in [0.2, 0.25) is 5.88 Å². The Morgan fingerprint density at radius 1 is 1.39 bits per heavy atom. The van der Waals surface area contributed by atoms with Gasteiger partial charge in [-0.25, -0.2) is 4.98 Å². The number of aromatic nitrogens is 1. The van der Waals surface area contributed by atoms with Gasteiger partial charge in [-0.15, -0.1) is 0 Å². The molecule has 1 fully saturated rings. The van der Waals surface area contributed by atoms with E-state index in [4.69, 9.17) is 9.47 Å². The molecule has 4 heteroatoms. The highest BCUT2D eigenvalue weighted by Crippen LogP contribution is 2.24. The Bertz CT molecular complexity index is 374. The van der Waals surface area contributed by atoms with Crippen LogP contribution in [0.2, 0.25) is 0 Å². The number of pyridine rings is 1. The molecular weight excluding hydrogens is 228 g/mol. The summed E-state index contributed by atoms with van der Waals surface area (Å²) in [6, 6.07) is 3.99. The van der Waals surface area contributed by atoms with E-state index in [1.54, 1.807) is 6.20 Å². The molecule has 1 aromatic rings. The van der Waals surface area contributed by atoms with E-state index in [0.29, 0.717) is 0 Å². The lowest BCUT2D eigenvalue weighted by Crippen LogP contribution is -2.36. The molecule has 1 saturated heterocycles. The van der Waals surface area contributed by atoms with Crippen molar-refractivity contribution in [2.45, 2.75) is 51.5 Å². The smallest absolute Gasteiger partial charge is 0.218 e. The standard InChI is InChI=1S/C14H22N2O2/c1-10-7-13(8-11(2)17-10)18-14-12(9-15-3)5-4-6-16-14/h4-6,10-11,13,15H,7-9H2,1-3H3. The fraction of sp³-hybridized carbons (Fsp3) is 0.643. The Balaban J connectivity index is 2.04. The van der Waals surface area contributed by atoms with E-state index in [9.17, 15) is 0 Å². The minimum atomic E-state index is 0.203. The monoisotopic (exact) mass is 250 g/mol. The number of ether oxygens (including phenoxy) is 2. The largest absolute Gasteiger partial charge is 0.474 e. The van der Waals surface area contributed by atoms with Crippen LogP contribution in [0, 0.1) is 0 Å². The van der Waals surface area contributed by atoms with Gasteiger partial charge in [0.05, 0.1) is 12.2 Å². The molecule has 2 unspecified atom stereocenters. The van der Waals surface area contributed by atoms with E-state index in [2.05, 4.69) is 24.1 Å². The fourth-order valence-corrected chi connectivity index (χ4v) is 2.45. The first-order valence-electron chi connectivity index (χ1n) is 6.59. The molecular formula is C14H22N2O2. The molecule has 1 N–H and O–H groups in total. The summed E-state index contributed by atoms with van der Waals surface area (Å²) in [6.07, 6.45) is 4.36. The van der Waals surface area contributed by atoms with E-state index >= 15 is 0 Å². The Hall–Kier alpha value is -1.13. The van der Waals surface area contributed by atoms with Gasteiger partial charge in [-0.3, -0.25) is 0 Å². The van der Waals surface area contributed by atoms with Crippen LogP contribution in [0.4, 0.5) is 0 Å². The van der Waals surface area contributed by atoms with Crippen LogP contribution in [0.3, 0.4) is 0 Å². The SMILES string of the molecule is CNCc1cccnc1OC1CC(C)OC(C)C1. The van der Waals surface area contributed by atoms with Crippen LogP contribution in [0.1, 0.15) is 32.3 Å². The zero-order chi connectivity index (χ0) is 13.0. The number of nitrogens with zero attached hydrogens (tertiary/aromatic N) is 1. The van der Waals surface area contributed by atoms with Gasteiger partial charge in [0.15, 0.2) is 0 Å². The quantitative estimate of drug-likeness (QED) is 0.889. The van der Waals surface area contributed by atoms with Gasteiger partial charge in [-0.1, -0.05) is 6.07 Å². The highest BCUT2D eigenvalue weighted by molar-refractivity contribution is 5.25. The minimum Gasteiger partial charge on any atom is -0.474 e. The van der Waals surface area contributed by atoms with Crippen molar-refractivity contribution in [1.82, 2.24) is 10.3 Å².